The van der Waals surface area contributed by atoms with Crippen molar-refractivity contribution in [3.05, 3.63) is 12.7 Å². The lowest BCUT2D eigenvalue weighted by molar-refractivity contribution is -0.152. The van der Waals surface area contributed by atoms with Crippen molar-refractivity contribution in [2.45, 2.75) is 51.2 Å². The predicted molar refractivity (Wildman–Crippen MR) is 70.6 cm³/mol. The third kappa shape index (κ3) is 2.94. The van der Waals surface area contributed by atoms with Gasteiger partial charge >= 0.3 is 5.97 Å². The fraction of sp³-hybridized carbons (Fsp3) is 0.769. The summed E-state index contributed by atoms with van der Waals surface area (Å²) < 4.78 is 6.94. The lowest BCUT2D eigenvalue weighted by atomic mass is 9.91. The summed E-state index contributed by atoms with van der Waals surface area (Å²) in [6.07, 6.45) is 5.16. The summed E-state index contributed by atoms with van der Waals surface area (Å²) in [7, 11) is 1.45. The van der Waals surface area contributed by atoms with Crippen LogP contribution in [0.1, 0.15) is 39.7 Å². The molecule has 106 valence electrons. The highest BCUT2D eigenvalue weighted by Crippen LogP contribution is 2.32. The Kier molecular flexibility index (Phi) is 3.89. The Morgan fingerprint density at radius 3 is 2.47 bits per heavy atom. The number of aromatic nitrogens is 3. The first kappa shape index (κ1) is 14.0. The third-order valence-electron chi connectivity index (χ3n) is 3.77. The molecule has 2 heterocycles. The summed E-state index contributed by atoms with van der Waals surface area (Å²) in [4.78, 5) is 14.3. The summed E-state index contributed by atoms with van der Waals surface area (Å²) in [6.45, 7) is 7.25. The molecule has 19 heavy (non-hydrogen) atoms. The van der Waals surface area contributed by atoms with Gasteiger partial charge in [-0.2, -0.15) is 0 Å². The molecule has 0 spiro atoms. The number of esters is 1. The summed E-state index contributed by atoms with van der Waals surface area (Å²) in [5, 5.41) is 7.68. The molecule has 2 atom stereocenters. The number of hydrogen-bond acceptors (Lipinski definition) is 5. The van der Waals surface area contributed by atoms with Gasteiger partial charge in [-0.1, -0.05) is 0 Å². The second-order valence-electron chi connectivity index (χ2n) is 5.99. The van der Waals surface area contributed by atoms with Crippen LogP contribution in [0.15, 0.2) is 12.7 Å². The Hall–Kier alpha value is -1.43. The van der Waals surface area contributed by atoms with Crippen LogP contribution in [0.4, 0.5) is 0 Å². The van der Waals surface area contributed by atoms with Gasteiger partial charge in [0.25, 0.3) is 0 Å². The fourth-order valence-electron chi connectivity index (χ4n) is 2.78. The molecule has 0 radical (unpaired) electrons. The maximum absolute atomic E-state index is 12.0. The highest BCUT2D eigenvalue weighted by molar-refractivity contribution is 5.76. The number of ether oxygens (including phenoxy) is 1. The average molecular weight is 266 g/mol. The SMILES string of the molecule is COC(=O)C1CC(n2cnnc2)CCN1C(C)(C)C. The molecule has 2 rings (SSSR count). The van der Waals surface area contributed by atoms with Crippen molar-refractivity contribution in [3.8, 4) is 0 Å². The zero-order valence-corrected chi connectivity index (χ0v) is 12.0. The van der Waals surface area contributed by atoms with Crippen molar-refractivity contribution in [2.75, 3.05) is 13.7 Å². The van der Waals surface area contributed by atoms with Crippen LogP contribution in [0.3, 0.4) is 0 Å². The molecule has 0 aliphatic carbocycles. The van der Waals surface area contributed by atoms with Crippen LogP contribution in [-0.2, 0) is 9.53 Å². The maximum atomic E-state index is 12.0. The number of carbonyl (C=O) groups is 1. The zero-order chi connectivity index (χ0) is 14.0. The zero-order valence-electron chi connectivity index (χ0n) is 12.0. The van der Waals surface area contributed by atoms with E-state index in [0.29, 0.717) is 0 Å². The normalized spacial score (nSPS) is 25.3. The molecule has 0 N–H and O–H groups in total. The first-order valence-electron chi connectivity index (χ1n) is 6.62. The fourth-order valence-corrected chi connectivity index (χ4v) is 2.78. The van der Waals surface area contributed by atoms with Gasteiger partial charge in [0.15, 0.2) is 0 Å². The smallest absolute Gasteiger partial charge is 0.323 e. The van der Waals surface area contributed by atoms with Crippen LogP contribution in [0.25, 0.3) is 0 Å². The Labute approximate surface area is 113 Å². The van der Waals surface area contributed by atoms with Gasteiger partial charge in [0.2, 0.25) is 0 Å². The third-order valence-corrected chi connectivity index (χ3v) is 3.77. The molecule has 0 saturated carbocycles. The Morgan fingerprint density at radius 2 is 1.95 bits per heavy atom. The summed E-state index contributed by atoms with van der Waals surface area (Å²) in [5.41, 5.74) is -0.0446. The number of rotatable bonds is 2. The lowest BCUT2D eigenvalue weighted by Crippen LogP contribution is -2.55. The number of nitrogens with zero attached hydrogens (tertiary/aromatic N) is 4. The average Bonchev–Trinajstić information content (AvgIpc) is 2.90. The van der Waals surface area contributed by atoms with Crippen molar-refractivity contribution < 1.29 is 9.53 Å². The molecular formula is C13H22N4O2. The van der Waals surface area contributed by atoms with Gasteiger partial charge in [-0.15, -0.1) is 10.2 Å². The first-order valence-corrected chi connectivity index (χ1v) is 6.62. The minimum atomic E-state index is -0.203. The molecule has 1 saturated heterocycles. The van der Waals surface area contributed by atoms with Crippen LogP contribution in [0.5, 0.6) is 0 Å². The van der Waals surface area contributed by atoms with Crippen LogP contribution >= 0.6 is 0 Å². The van der Waals surface area contributed by atoms with Gasteiger partial charge in [0, 0.05) is 18.1 Å². The molecule has 1 aromatic rings. The Bertz CT molecular complexity index is 424. The van der Waals surface area contributed by atoms with Gasteiger partial charge in [-0.05, 0) is 33.6 Å². The number of piperidine rings is 1. The van der Waals surface area contributed by atoms with E-state index in [-0.39, 0.29) is 23.6 Å². The Morgan fingerprint density at radius 1 is 1.32 bits per heavy atom. The van der Waals surface area contributed by atoms with E-state index >= 15 is 0 Å². The number of methoxy groups -OCH3 is 1. The second-order valence-corrected chi connectivity index (χ2v) is 5.99. The molecule has 0 amide bonds. The number of carbonyl (C=O) groups excluding carboxylic acids is 1. The second kappa shape index (κ2) is 5.28. The molecule has 6 nitrogen and oxygen atoms in total. The topological polar surface area (TPSA) is 60.3 Å². The minimum absolute atomic E-state index is 0.0446. The van der Waals surface area contributed by atoms with E-state index in [4.69, 9.17) is 4.74 Å². The standard InChI is InChI=1S/C13H22N4O2/c1-13(2,3)17-6-5-10(16-8-14-15-9-16)7-11(17)12(18)19-4/h8-11H,5-7H2,1-4H3. The first-order chi connectivity index (χ1) is 8.93. The van der Waals surface area contributed by atoms with E-state index in [0.717, 1.165) is 19.4 Å². The molecule has 1 aliphatic rings. The monoisotopic (exact) mass is 266 g/mol. The molecule has 6 heteroatoms. The molecule has 1 aliphatic heterocycles. The van der Waals surface area contributed by atoms with Gasteiger partial charge in [-0.3, -0.25) is 9.69 Å². The van der Waals surface area contributed by atoms with E-state index in [1.165, 1.54) is 7.11 Å². The van der Waals surface area contributed by atoms with Crippen LogP contribution < -0.4 is 0 Å². The summed E-state index contributed by atoms with van der Waals surface area (Å²) in [5.74, 6) is -0.160. The van der Waals surface area contributed by atoms with Crippen molar-refractivity contribution >= 4 is 5.97 Å². The Balaban J connectivity index is 2.18. The van der Waals surface area contributed by atoms with E-state index < -0.39 is 0 Å². The number of hydrogen-bond donors (Lipinski definition) is 0. The highest BCUT2D eigenvalue weighted by atomic mass is 16.5. The predicted octanol–water partition coefficient (Wildman–Crippen LogP) is 1.26. The van der Waals surface area contributed by atoms with Crippen molar-refractivity contribution in [1.29, 1.82) is 0 Å². The highest BCUT2D eigenvalue weighted by Gasteiger charge is 2.39. The van der Waals surface area contributed by atoms with Crippen LogP contribution in [0.2, 0.25) is 0 Å². The molecule has 1 aromatic heterocycles. The largest absolute Gasteiger partial charge is 0.468 e. The summed E-state index contributed by atoms with van der Waals surface area (Å²) in [6, 6.07) is 0.0591. The number of likely N-dealkylation sites (tertiary alicyclic amines) is 1. The lowest BCUT2D eigenvalue weighted by Gasteiger charge is -2.45. The molecule has 0 aromatic carbocycles. The van der Waals surface area contributed by atoms with Crippen molar-refractivity contribution in [3.63, 3.8) is 0 Å². The maximum Gasteiger partial charge on any atom is 0.323 e. The molecule has 1 fully saturated rings. The van der Waals surface area contributed by atoms with Gasteiger partial charge in [-0.25, -0.2) is 0 Å². The van der Waals surface area contributed by atoms with E-state index in [9.17, 15) is 4.79 Å². The van der Waals surface area contributed by atoms with Gasteiger partial charge in [0.05, 0.1) is 7.11 Å². The minimum Gasteiger partial charge on any atom is -0.468 e. The quantitative estimate of drug-likeness (QED) is 0.754. The summed E-state index contributed by atoms with van der Waals surface area (Å²) >= 11 is 0. The van der Waals surface area contributed by atoms with Crippen LogP contribution in [0, 0.1) is 0 Å². The van der Waals surface area contributed by atoms with E-state index in [2.05, 4.69) is 35.9 Å². The van der Waals surface area contributed by atoms with Crippen molar-refractivity contribution in [1.82, 2.24) is 19.7 Å². The molecular weight excluding hydrogens is 244 g/mol. The van der Waals surface area contributed by atoms with E-state index in [1.807, 2.05) is 4.57 Å². The molecule has 0 bridgehead atoms. The van der Waals surface area contributed by atoms with Crippen LogP contribution in [-0.4, -0.2) is 50.9 Å². The molecule has 2 unspecified atom stereocenters. The van der Waals surface area contributed by atoms with Crippen molar-refractivity contribution in [2.24, 2.45) is 0 Å². The van der Waals surface area contributed by atoms with Gasteiger partial charge < -0.3 is 9.30 Å². The van der Waals surface area contributed by atoms with Gasteiger partial charge in [0.1, 0.15) is 18.7 Å². The van der Waals surface area contributed by atoms with E-state index in [1.54, 1.807) is 12.7 Å².